The summed E-state index contributed by atoms with van der Waals surface area (Å²) in [6, 6.07) is 12.1. The van der Waals surface area contributed by atoms with Crippen molar-refractivity contribution in [2.45, 2.75) is 26.2 Å². The molecule has 0 aliphatic heterocycles. The van der Waals surface area contributed by atoms with Crippen LogP contribution in [0, 0.1) is 0 Å². The van der Waals surface area contributed by atoms with E-state index in [1.807, 2.05) is 24.3 Å². The molecule has 0 atom stereocenters. The predicted octanol–water partition coefficient (Wildman–Crippen LogP) is 4.21. The third-order valence-electron chi connectivity index (χ3n) is 4.31. The lowest BCUT2D eigenvalue weighted by atomic mass is 9.87. The van der Waals surface area contributed by atoms with E-state index in [9.17, 15) is 14.4 Å². The van der Waals surface area contributed by atoms with Crippen molar-refractivity contribution >= 4 is 29.6 Å². The highest BCUT2D eigenvalue weighted by Gasteiger charge is 2.17. The number of amides is 1. The molecule has 0 heterocycles. The molecule has 0 radical (unpaired) electrons. The normalized spacial score (nSPS) is 11.2. The van der Waals surface area contributed by atoms with E-state index in [0.717, 1.165) is 5.56 Å². The quantitative estimate of drug-likeness (QED) is 0.606. The summed E-state index contributed by atoms with van der Waals surface area (Å²) < 4.78 is 9.41. The van der Waals surface area contributed by atoms with Crippen LogP contribution >= 0.6 is 0 Å². The van der Waals surface area contributed by atoms with Gasteiger partial charge >= 0.3 is 11.9 Å². The smallest absolute Gasteiger partial charge is 0.339 e. The van der Waals surface area contributed by atoms with Crippen LogP contribution in [0.15, 0.2) is 48.5 Å². The van der Waals surface area contributed by atoms with Gasteiger partial charge in [0.25, 0.3) is 0 Å². The van der Waals surface area contributed by atoms with Crippen molar-refractivity contribution in [1.29, 1.82) is 0 Å². The molecule has 6 nitrogen and oxygen atoms in total. The number of carbonyl (C=O) groups is 3. The lowest BCUT2D eigenvalue weighted by Gasteiger charge is -2.18. The zero-order chi connectivity index (χ0) is 21.6. The maximum absolute atomic E-state index is 12.4. The van der Waals surface area contributed by atoms with E-state index in [4.69, 9.17) is 4.74 Å². The fourth-order valence-electron chi connectivity index (χ4n) is 2.62. The number of hydrogen-bond donors (Lipinski definition) is 1. The van der Waals surface area contributed by atoms with E-state index in [0.29, 0.717) is 0 Å². The SMILES string of the molecule is COC(=O)c1ccc(C(=O)OC)c(NC(=O)/C=C/c2ccc(C(C)(C)C)cc2)c1. The topological polar surface area (TPSA) is 81.7 Å². The molecule has 0 bridgehead atoms. The molecule has 0 aliphatic carbocycles. The van der Waals surface area contributed by atoms with Gasteiger partial charge in [0.1, 0.15) is 0 Å². The first kappa shape index (κ1) is 21.9. The molecule has 0 unspecified atom stereocenters. The Bertz CT molecular complexity index is 937. The highest BCUT2D eigenvalue weighted by molar-refractivity contribution is 6.07. The molecule has 1 N–H and O–H groups in total. The molecule has 29 heavy (non-hydrogen) atoms. The van der Waals surface area contributed by atoms with Crippen molar-refractivity contribution < 1.29 is 23.9 Å². The molecule has 0 aliphatic rings. The van der Waals surface area contributed by atoms with E-state index in [1.54, 1.807) is 6.08 Å². The van der Waals surface area contributed by atoms with Crippen LogP contribution < -0.4 is 5.32 Å². The third-order valence-corrected chi connectivity index (χ3v) is 4.31. The van der Waals surface area contributed by atoms with Crippen LogP contribution in [0.1, 0.15) is 52.6 Å². The molecular weight excluding hydrogens is 370 g/mol. The van der Waals surface area contributed by atoms with E-state index in [-0.39, 0.29) is 22.2 Å². The van der Waals surface area contributed by atoms with E-state index >= 15 is 0 Å². The number of methoxy groups -OCH3 is 2. The fraction of sp³-hybridized carbons (Fsp3) is 0.261. The highest BCUT2D eigenvalue weighted by atomic mass is 16.5. The average molecular weight is 395 g/mol. The molecule has 2 aromatic carbocycles. The monoisotopic (exact) mass is 395 g/mol. The van der Waals surface area contributed by atoms with Crippen molar-refractivity contribution in [3.05, 3.63) is 70.8 Å². The first-order valence-electron chi connectivity index (χ1n) is 9.06. The van der Waals surface area contributed by atoms with Gasteiger partial charge in [0.05, 0.1) is 31.0 Å². The predicted molar refractivity (Wildman–Crippen MR) is 112 cm³/mol. The number of hydrogen-bond acceptors (Lipinski definition) is 5. The Morgan fingerprint density at radius 3 is 2.07 bits per heavy atom. The molecule has 1 amide bonds. The summed E-state index contributed by atoms with van der Waals surface area (Å²) >= 11 is 0. The van der Waals surface area contributed by atoms with Crippen LogP contribution in [0.3, 0.4) is 0 Å². The van der Waals surface area contributed by atoms with Crippen LogP contribution in [0.5, 0.6) is 0 Å². The summed E-state index contributed by atoms with van der Waals surface area (Å²) in [5.74, 6) is -1.65. The number of ether oxygens (including phenoxy) is 2. The maximum atomic E-state index is 12.4. The van der Waals surface area contributed by atoms with Gasteiger partial charge in [-0.1, -0.05) is 45.0 Å². The van der Waals surface area contributed by atoms with Gasteiger partial charge in [0.15, 0.2) is 0 Å². The molecule has 152 valence electrons. The Morgan fingerprint density at radius 1 is 0.897 bits per heavy atom. The molecule has 6 heteroatoms. The number of benzene rings is 2. The minimum absolute atomic E-state index is 0.0502. The molecule has 0 spiro atoms. The summed E-state index contributed by atoms with van der Waals surface area (Å²) in [7, 11) is 2.49. The average Bonchev–Trinajstić information content (AvgIpc) is 2.70. The summed E-state index contributed by atoms with van der Waals surface area (Å²) in [6.45, 7) is 6.39. The first-order chi connectivity index (χ1) is 13.7. The number of anilines is 1. The van der Waals surface area contributed by atoms with E-state index < -0.39 is 17.8 Å². The molecular formula is C23H25NO5. The molecule has 0 saturated heterocycles. The Hall–Kier alpha value is -3.41. The summed E-state index contributed by atoms with van der Waals surface area (Å²) in [5.41, 5.74) is 2.62. The number of carbonyl (C=O) groups excluding carboxylic acids is 3. The van der Waals surface area contributed by atoms with Crippen LogP contribution in [0.2, 0.25) is 0 Å². The molecule has 0 saturated carbocycles. The highest BCUT2D eigenvalue weighted by Crippen LogP contribution is 2.23. The number of rotatable bonds is 5. The summed E-state index contributed by atoms with van der Waals surface area (Å²) in [4.78, 5) is 36.1. The zero-order valence-electron chi connectivity index (χ0n) is 17.2. The standard InChI is InChI=1S/C23H25NO5/c1-23(2,3)17-10-6-15(7-11-17)8-13-20(25)24-19-14-16(21(26)28-4)9-12-18(19)22(27)29-5/h6-14H,1-5H3,(H,24,25)/b13-8+. The second kappa shape index (κ2) is 9.19. The van der Waals surface area contributed by atoms with E-state index in [1.165, 1.54) is 44.1 Å². The van der Waals surface area contributed by atoms with Gasteiger partial charge in [-0.2, -0.15) is 0 Å². The van der Waals surface area contributed by atoms with Crippen LogP contribution in [0.4, 0.5) is 5.69 Å². The fourth-order valence-corrected chi connectivity index (χ4v) is 2.62. The number of esters is 2. The summed E-state index contributed by atoms with van der Waals surface area (Å²) in [5, 5.41) is 2.62. The van der Waals surface area contributed by atoms with Gasteiger partial charge in [-0.25, -0.2) is 9.59 Å². The molecule has 0 aromatic heterocycles. The lowest BCUT2D eigenvalue weighted by molar-refractivity contribution is -0.111. The Kier molecular flexibility index (Phi) is 6.93. The van der Waals surface area contributed by atoms with Crippen molar-refractivity contribution in [1.82, 2.24) is 0 Å². The van der Waals surface area contributed by atoms with Gasteiger partial charge in [-0.15, -0.1) is 0 Å². The Morgan fingerprint density at radius 2 is 1.52 bits per heavy atom. The van der Waals surface area contributed by atoms with Crippen molar-refractivity contribution in [2.75, 3.05) is 19.5 Å². The minimum Gasteiger partial charge on any atom is -0.465 e. The summed E-state index contributed by atoms with van der Waals surface area (Å²) in [6.07, 6.45) is 3.03. The third kappa shape index (κ3) is 5.78. The lowest BCUT2D eigenvalue weighted by Crippen LogP contribution is -2.14. The first-order valence-corrected chi connectivity index (χ1v) is 9.06. The Labute approximate surface area is 170 Å². The van der Waals surface area contributed by atoms with Gasteiger partial charge < -0.3 is 14.8 Å². The van der Waals surface area contributed by atoms with Gasteiger partial charge in [-0.3, -0.25) is 4.79 Å². The maximum Gasteiger partial charge on any atom is 0.339 e. The van der Waals surface area contributed by atoms with Crippen molar-refractivity contribution in [3.8, 4) is 0 Å². The van der Waals surface area contributed by atoms with Gasteiger partial charge in [-0.05, 0) is 40.8 Å². The largest absolute Gasteiger partial charge is 0.465 e. The molecule has 2 aromatic rings. The minimum atomic E-state index is -0.626. The van der Waals surface area contributed by atoms with Crippen LogP contribution in [-0.4, -0.2) is 32.1 Å². The van der Waals surface area contributed by atoms with Crippen LogP contribution in [0.25, 0.3) is 6.08 Å². The van der Waals surface area contributed by atoms with E-state index in [2.05, 4.69) is 30.8 Å². The van der Waals surface area contributed by atoms with Gasteiger partial charge in [0, 0.05) is 6.08 Å². The second-order valence-electron chi connectivity index (χ2n) is 7.44. The van der Waals surface area contributed by atoms with Gasteiger partial charge in [0.2, 0.25) is 5.91 Å². The Balaban J connectivity index is 2.21. The number of nitrogens with one attached hydrogen (secondary N) is 1. The zero-order valence-corrected chi connectivity index (χ0v) is 17.2. The molecule has 2 rings (SSSR count). The van der Waals surface area contributed by atoms with Crippen molar-refractivity contribution in [2.24, 2.45) is 0 Å². The van der Waals surface area contributed by atoms with Crippen LogP contribution in [-0.2, 0) is 19.7 Å². The van der Waals surface area contributed by atoms with Crippen molar-refractivity contribution in [3.63, 3.8) is 0 Å². The molecule has 0 fully saturated rings. The second-order valence-corrected chi connectivity index (χ2v) is 7.44.